The van der Waals surface area contributed by atoms with Crippen molar-refractivity contribution in [3.8, 4) is 0 Å². The van der Waals surface area contributed by atoms with E-state index in [0.29, 0.717) is 44.5 Å². The van der Waals surface area contributed by atoms with Gasteiger partial charge in [0.2, 0.25) is 23.6 Å². The van der Waals surface area contributed by atoms with Crippen LogP contribution in [0, 0.1) is 6.92 Å². The van der Waals surface area contributed by atoms with Gasteiger partial charge in [0, 0.05) is 68.2 Å². The number of alkyl carbamates (subject to hydrolysis) is 1. The average molecular weight is 837 g/mol. The predicted octanol–water partition coefficient (Wildman–Crippen LogP) is 5.33. The number of aryl methyl sites for hydroxylation is 1. The molecule has 4 aromatic rings. The smallest absolute Gasteiger partial charge is 0.408 e. The van der Waals surface area contributed by atoms with Gasteiger partial charge in [0.1, 0.15) is 23.7 Å². The summed E-state index contributed by atoms with van der Waals surface area (Å²) in [5.41, 5.74) is 9.07. The van der Waals surface area contributed by atoms with E-state index in [9.17, 15) is 28.8 Å². The van der Waals surface area contributed by atoms with Crippen LogP contribution >= 0.6 is 0 Å². The topological polar surface area (TPSA) is 208 Å². The van der Waals surface area contributed by atoms with Crippen molar-refractivity contribution >= 4 is 52.3 Å². The van der Waals surface area contributed by atoms with Crippen molar-refractivity contribution < 1.29 is 33.5 Å². The van der Waals surface area contributed by atoms with E-state index in [4.69, 9.17) is 10.5 Å². The number of hydrogen-bond acceptors (Lipinski definition) is 7. The van der Waals surface area contributed by atoms with E-state index in [1.54, 1.807) is 38.9 Å². The van der Waals surface area contributed by atoms with Crippen molar-refractivity contribution in [1.29, 1.82) is 0 Å². The Bertz CT molecular complexity index is 2150. The van der Waals surface area contributed by atoms with Gasteiger partial charge in [0.15, 0.2) is 0 Å². The van der Waals surface area contributed by atoms with Crippen molar-refractivity contribution in [2.24, 2.45) is 5.73 Å². The zero-order valence-corrected chi connectivity index (χ0v) is 35.8. The highest BCUT2D eigenvalue weighted by Crippen LogP contribution is 2.25. The lowest BCUT2D eigenvalue weighted by Crippen LogP contribution is -2.56. The summed E-state index contributed by atoms with van der Waals surface area (Å²) in [5.74, 6) is -1.91. The van der Waals surface area contributed by atoms with Crippen molar-refractivity contribution in [3.05, 3.63) is 102 Å². The molecule has 4 atom stereocenters. The molecule has 1 saturated heterocycles. The second-order valence-electron chi connectivity index (χ2n) is 16.7. The zero-order chi connectivity index (χ0) is 44.1. The van der Waals surface area contributed by atoms with E-state index in [1.807, 2.05) is 85.8 Å². The maximum absolute atomic E-state index is 14.6. The number of anilines is 1. The lowest BCUT2D eigenvalue weighted by molar-refractivity contribution is -0.141. The molecule has 0 saturated carbocycles. The number of carbonyl (C=O) groups is 6. The molecule has 5 rings (SSSR count). The molecule has 2 heterocycles. The number of urea groups is 1. The Labute approximate surface area is 357 Å². The first-order valence-electron chi connectivity index (χ1n) is 20.9. The first-order valence-corrected chi connectivity index (χ1v) is 20.9. The molecule has 0 aliphatic carbocycles. The quantitative estimate of drug-likeness (QED) is 0.0726. The number of benzene rings is 3. The number of carbonyl (C=O) groups excluding carboxylic acids is 6. The fraction of sp³-hybridized carbons (Fsp3) is 0.435. The number of nitrogens with two attached hydrogens (primary N) is 1. The van der Waals surface area contributed by atoms with Gasteiger partial charge >= 0.3 is 12.1 Å². The Kier molecular flexibility index (Phi) is 15.9. The molecule has 1 aliphatic rings. The molecule has 15 heteroatoms. The van der Waals surface area contributed by atoms with Crippen LogP contribution in [0.5, 0.6) is 0 Å². The van der Waals surface area contributed by atoms with E-state index >= 15 is 0 Å². The highest BCUT2D eigenvalue weighted by molar-refractivity contribution is 5.93. The fourth-order valence-electron chi connectivity index (χ4n) is 7.59. The van der Waals surface area contributed by atoms with Gasteiger partial charge in [-0.15, -0.1) is 0 Å². The Morgan fingerprint density at radius 2 is 1.61 bits per heavy atom. The van der Waals surface area contributed by atoms with Gasteiger partial charge in [-0.05, 0) is 88.6 Å². The van der Waals surface area contributed by atoms with Gasteiger partial charge < -0.3 is 46.5 Å². The predicted molar refractivity (Wildman–Crippen MR) is 234 cm³/mol. The van der Waals surface area contributed by atoms with Crippen LogP contribution in [0.1, 0.15) is 76.0 Å². The molecule has 326 valence electrons. The van der Waals surface area contributed by atoms with Crippen molar-refractivity contribution in [1.82, 2.24) is 30.7 Å². The van der Waals surface area contributed by atoms with Gasteiger partial charge in [0.25, 0.3) is 0 Å². The number of likely N-dealkylation sites (N-methyl/N-ethyl adjacent to an activating group) is 1. The third-order valence-corrected chi connectivity index (χ3v) is 10.9. The zero-order valence-electron chi connectivity index (χ0n) is 35.8. The summed E-state index contributed by atoms with van der Waals surface area (Å²) < 4.78 is 5.53. The highest BCUT2D eigenvalue weighted by Gasteiger charge is 2.38. The minimum absolute atomic E-state index is 0.0369. The molecule has 1 fully saturated rings. The lowest BCUT2D eigenvalue weighted by atomic mass is 10.0. The Hall–Kier alpha value is -6.38. The maximum atomic E-state index is 14.6. The van der Waals surface area contributed by atoms with Gasteiger partial charge in [-0.1, -0.05) is 66.7 Å². The summed E-state index contributed by atoms with van der Waals surface area (Å²) in [6, 6.07) is 20.5. The Morgan fingerprint density at radius 3 is 2.33 bits per heavy atom. The molecule has 7 N–H and O–H groups in total. The molecular weight excluding hydrogens is 777 g/mol. The first-order chi connectivity index (χ1) is 29.1. The lowest BCUT2D eigenvalue weighted by Gasteiger charge is -2.32. The minimum atomic E-state index is -1.11. The van der Waals surface area contributed by atoms with Gasteiger partial charge in [0.05, 0.1) is 0 Å². The number of aromatic amines is 1. The van der Waals surface area contributed by atoms with Gasteiger partial charge in [-0.25, -0.2) is 9.59 Å². The van der Waals surface area contributed by atoms with Crippen LogP contribution in [-0.4, -0.2) is 100 Å². The molecule has 1 aliphatic heterocycles. The van der Waals surface area contributed by atoms with Crippen LogP contribution in [0.2, 0.25) is 0 Å². The van der Waals surface area contributed by atoms with Crippen LogP contribution < -0.4 is 27.0 Å². The van der Waals surface area contributed by atoms with Crippen LogP contribution in [-0.2, 0) is 36.8 Å². The van der Waals surface area contributed by atoms with Crippen LogP contribution in [0.3, 0.4) is 0 Å². The number of rotatable bonds is 18. The number of fused-ring (bicyclic) bond motifs is 1. The number of H-pyrrole nitrogens is 1. The SMILES string of the molecule is Cc1ccccc1NC(=O)NCCCC[C@H](NC(=O)[C@H](Cc1c[nH]c2ccccc12)NC(=O)OC(C)(C)C)C(=O)N1CCC[C@H]1CC(=O)N(C)[C@@H](Cc1ccccc1)C(N)=O. The second-order valence-corrected chi connectivity index (χ2v) is 16.7. The Balaban J connectivity index is 1.31. The molecule has 3 aromatic carbocycles. The van der Waals surface area contributed by atoms with E-state index in [1.165, 1.54) is 4.90 Å². The number of hydrogen-bond donors (Lipinski definition) is 6. The maximum Gasteiger partial charge on any atom is 0.408 e. The van der Waals surface area contributed by atoms with E-state index < -0.39 is 47.7 Å². The number of likely N-dealkylation sites (tertiary alicyclic amines) is 1. The number of nitrogens with zero attached hydrogens (tertiary/aromatic N) is 2. The number of nitrogens with one attached hydrogen (secondary N) is 5. The molecule has 1 aromatic heterocycles. The monoisotopic (exact) mass is 836 g/mol. The number of aromatic nitrogens is 1. The number of ether oxygens (including phenoxy) is 1. The molecule has 61 heavy (non-hydrogen) atoms. The molecule has 0 spiro atoms. The molecule has 0 radical (unpaired) electrons. The molecule has 15 nitrogen and oxygen atoms in total. The summed E-state index contributed by atoms with van der Waals surface area (Å²) in [7, 11) is 1.55. The number of unbranched alkanes of at least 4 members (excludes halogenated alkanes) is 1. The van der Waals surface area contributed by atoms with E-state index in [2.05, 4.69) is 26.3 Å². The number of amides is 7. The van der Waals surface area contributed by atoms with Crippen LogP contribution in [0.25, 0.3) is 10.9 Å². The minimum Gasteiger partial charge on any atom is -0.444 e. The van der Waals surface area contributed by atoms with E-state index in [-0.39, 0.29) is 43.5 Å². The highest BCUT2D eigenvalue weighted by atomic mass is 16.6. The molecular formula is C46H60N8O7. The third kappa shape index (κ3) is 13.3. The summed E-state index contributed by atoms with van der Waals surface area (Å²) >= 11 is 0. The van der Waals surface area contributed by atoms with Gasteiger partial charge in [-0.2, -0.15) is 0 Å². The van der Waals surface area contributed by atoms with Crippen molar-refractivity contribution in [2.75, 3.05) is 25.5 Å². The summed E-state index contributed by atoms with van der Waals surface area (Å²) in [6.45, 7) is 7.76. The number of primary amides is 1. The summed E-state index contributed by atoms with van der Waals surface area (Å²) in [4.78, 5) is 87.1. The standard InChI is InChI=1S/C46H60N8O7/c1-30-16-9-11-21-35(30)51-44(59)48-24-14-13-23-37(50-42(57)38(52-45(60)61-46(2,3)4)27-32-29-49-36-22-12-10-20-34(32)36)43(58)54-25-15-19-33(54)28-40(55)53(5)39(41(47)56)26-31-17-7-6-8-18-31/h6-12,16-18,20-22,29,33,37-39,49H,13-15,19,23-28H2,1-5H3,(H2,47,56)(H,50,57)(H,52,60)(H2,48,51,59)/t33-,37-,38-,39-/m0/s1. The van der Waals surface area contributed by atoms with E-state index in [0.717, 1.165) is 27.6 Å². The van der Waals surface area contributed by atoms with Crippen LogP contribution in [0.15, 0.2) is 85.1 Å². The van der Waals surface area contributed by atoms with Crippen molar-refractivity contribution in [3.63, 3.8) is 0 Å². The Morgan fingerprint density at radius 1 is 0.902 bits per heavy atom. The van der Waals surface area contributed by atoms with Gasteiger partial charge in [-0.3, -0.25) is 19.2 Å². The average Bonchev–Trinajstić information content (AvgIpc) is 3.86. The number of para-hydroxylation sites is 2. The van der Waals surface area contributed by atoms with Crippen LogP contribution in [0.4, 0.5) is 15.3 Å². The van der Waals surface area contributed by atoms with Crippen molar-refractivity contribution in [2.45, 2.75) is 109 Å². The summed E-state index contributed by atoms with van der Waals surface area (Å²) in [5, 5.41) is 12.3. The molecule has 7 amide bonds. The first kappa shape index (κ1) is 45.7. The fourth-order valence-corrected chi connectivity index (χ4v) is 7.59. The largest absolute Gasteiger partial charge is 0.444 e. The molecule has 0 bridgehead atoms. The summed E-state index contributed by atoms with van der Waals surface area (Å²) in [6.07, 6.45) is 3.68. The second kappa shape index (κ2) is 21.2. The third-order valence-electron chi connectivity index (χ3n) is 10.9. The normalized spacial score (nSPS) is 15.3. The molecule has 0 unspecified atom stereocenters.